The van der Waals surface area contributed by atoms with E-state index in [1.807, 2.05) is 0 Å². The van der Waals surface area contributed by atoms with Crippen molar-refractivity contribution >= 4 is 54.3 Å². The number of fused-ring (bicyclic) bond motifs is 9. The van der Waals surface area contributed by atoms with E-state index in [2.05, 4.69) is 206 Å². The fraction of sp³-hybridized carbons (Fsp3) is 0.0545. The van der Waals surface area contributed by atoms with E-state index in [0.29, 0.717) is 5.95 Å². The summed E-state index contributed by atoms with van der Waals surface area (Å²) in [6.45, 7) is 4.70. The molecule has 2 heterocycles. The zero-order chi connectivity index (χ0) is 38.5. The highest BCUT2D eigenvalue weighted by atomic mass is 15.2. The van der Waals surface area contributed by atoms with Gasteiger partial charge in [0.05, 0.1) is 22.2 Å². The standard InChI is InChI=1S/C55H37N3/c1-55(2)48-23-9-7-18-43(48)44-30-29-39(32-49(44)55)42-21-12-22-45-47-31-37-14-3-4-15-38(37)33-51(47)58(53(42)45)54-56-50-24-10-8-19-46(50)52(57-54)36-27-25-35(26-28-36)41-20-11-16-34-13-5-6-17-40(34)41/h3-33H,1-2H3. The second-order valence-electron chi connectivity index (χ2n) is 16.2. The van der Waals surface area contributed by atoms with Crippen LogP contribution in [0.2, 0.25) is 0 Å². The lowest BCUT2D eigenvalue weighted by atomic mass is 9.81. The number of benzene rings is 9. The molecule has 0 bridgehead atoms. The lowest BCUT2D eigenvalue weighted by Crippen LogP contribution is -2.14. The highest BCUT2D eigenvalue weighted by molar-refractivity contribution is 6.17. The smallest absolute Gasteiger partial charge is 0.235 e. The van der Waals surface area contributed by atoms with Gasteiger partial charge in [-0.25, -0.2) is 9.97 Å². The fourth-order valence-electron chi connectivity index (χ4n) is 9.73. The number of hydrogen-bond donors (Lipinski definition) is 0. The maximum Gasteiger partial charge on any atom is 0.235 e. The Morgan fingerprint density at radius 1 is 0.397 bits per heavy atom. The van der Waals surface area contributed by atoms with E-state index in [1.54, 1.807) is 0 Å². The van der Waals surface area contributed by atoms with Crippen LogP contribution in [0.5, 0.6) is 0 Å². The zero-order valence-electron chi connectivity index (χ0n) is 32.2. The van der Waals surface area contributed by atoms with Gasteiger partial charge in [-0.15, -0.1) is 0 Å². The molecule has 0 aliphatic heterocycles. The Kier molecular flexibility index (Phi) is 6.98. The van der Waals surface area contributed by atoms with Gasteiger partial charge in [-0.05, 0) is 84.8 Å². The molecule has 58 heavy (non-hydrogen) atoms. The van der Waals surface area contributed by atoms with Gasteiger partial charge in [0.25, 0.3) is 0 Å². The molecule has 0 unspecified atom stereocenters. The lowest BCUT2D eigenvalue weighted by Gasteiger charge is -2.22. The van der Waals surface area contributed by atoms with Crippen LogP contribution >= 0.6 is 0 Å². The van der Waals surface area contributed by atoms with Crippen molar-refractivity contribution in [3.63, 3.8) is 0 Å². The number of nitrogens with zero attached hydrogens (tertiary/aromatic N) is 3. The van der Waals surface area contributed by atoms with Crippen LogP contribution in [-0.4, -0.2) is 14.5 Å². The lowest BCUT2D eigenvalue weighted by molar-refractivity contribution is 0.660. The molecule has 0 saturated heterocycles. The van der Waals surface area contributed by atoms with Crippen molar-refractivity contribution in [2.45, 2.75) is 19.3 Å². The molecular weight excluding hydrogens is 703 g/mol. The summed E-state index contributed by atoms with van der Waals surface area (Å²) in [7, 11) is 0. The van der Waals surface area contributed by atoms with E-state index >= 15 is 0 Å². The molecule has 9 aromatic carbocycles. The van der Waals surface area contributed by atoms with Crippen LogP contribution in [0.1, 0.15) is 25.0 Å². The maximum atomic E-state index is 5.54. The summed E-state index contributed by atoms with van der Waals surface area (Å²) in [6.07, 6.45) is 0. The summed E-state index contributed by atoms with van der Waals surface area (Å²) in [5.41, 5.74) is 15.1. The highest BCUT2D eigenvalue weighted by Gasteiger charge is 2.35. The minimum atomic E-state index is -0.111. The molecule has 0 fully saturated rings. The molecule has 0 atom stereocenters. The second-order valence-corrected chi connectivity index (χ2v) is 16.2. The Bertz CT molecular complexity index is 3470. The predicted molar refractivity (Wildman–Crippen MR) is 243 cm³/mol. The van der Waals surface area contributed by atoms with Gasteiger partial charge in [0, 0.05) is 32.7 Å². The van der Waals surface area contributed by atoms with Crippen LogP contribution in [0.3, 0.4) is 0 Å². The van der Waals surface area contributed by atoms with Crippen LogP contribution in [-0.2, 0) is 5.41 Å². The monoisotopic (exact) mass is 739 g/mol. The molecule has 0 spiro atoms. The minimum Gasteiger partial charge on any atom is -0.277 e. The van der Waals surface area contributed by atoms with Crippen LogP contribution in [0.25, 0.3) is 105 Å². The molecule has 272 valence electrons. The van der Waals surface area contributed by atoms with E-state index < -0.39 is 0 Å². The molecule has 3 nitrogen and oxygen atoms in total. The molecule has 1 aliphatic carbocycles. The molecule has 1 aliphatic rings. The first kappa shape index (κ1) is 32.8. The van der Waals surface area contributed by atoms with Gasteiger partial charge in [0.2, 0.25) is 5.95 Å². The summed E-state index contributed by atoms with van der Waals surface area (Å²) in [6, 6.07) is 68.3. The third-order valence-electron chi connectivity index (χ3n) is 12.6. The van der Waals surface area contributed by atoms with Gasteiger partial charge in [-0.1, -0.05) is 178 Å². The summed E-state index contributed by atoms with van der Waals surface area (Å²) in [5.74, 6) is 0.656. The first-order valence-electron chi connectivity index (χ1n) is 20.1. The van der Waals surface area contributed by atoms with Crippen molar-refractivity contribution in [2.75, 3.05) is 0 Å². The summed E-state index contributed by atoms with van der Waals surface area (Å²) < 4.78 is 2.32. The second kappa shape index (κ2) is 12.3. The third kappa shape index (κ3) is 4.80. The molecule has 2 aromatic heterocycles. The topological polar surface area (TPSA) is 30.7 Å². The minimum absolute atomic E-state index is 0.111. The van der Waals surface area contributed by atoms with Gasteiger partial charge in [0.1, 0.15) is 0 Å². The largest absolute Gasteiger partial charge is 0.277 e. The average Bonchev–Trinajstić information content (AvgIpc) is 3.72. The van der Waals surface area contributed by atoms with Gasteiger partial charge in [0.15, 0.2) is 0 Å². The van der Waals surface area contributed by atoms with Crippen molar-refractivity contribution in [1.29, 1.82) is 0 Å². The summed E-state index contributed by atoms with van der Waals surface area (Å²) >= 11 is 0. The van der Waals surface area contributed by atoms with Gasteiger partial charge < -0.3 is 0 Å². The Balaban J connectivity index is 1.10. The zero-order valence-corrected chi connectivity index (χ0v) is 32.2. The fourth-order valence-corrected chi connectivity index (χ4v) is 9.73. The number of rotatable bonds is 4. The SMILES string of the molecule is CC1(C)c2ccccc2-c2ccc(-c3cccc4c5cc6ccccc6cc5n(-c5nc(-c6ccc(-c7cccc8ccccc78)cc6)c6ccccc6n5)c34)cc21. The van der Waals surface area contributed by atoms with Crippen LogP contribution in [0.4, 0.5) is 0 Å². The van der Waals surface area contributed by atoms with E-state index in [9.17, 15) is 0 Å². The number of para-hydroxylation sites is 2. The van der Waals surface area contributed by atoms with Gasteiger partial charge in [-0.3, -0.25) is 4.57 Å². The Morgan fingerprint density at radius 2 is 1.00 bits per heavy atom. The summed E-state index contributed by atoms with van der Waals surface area (Å²) in [4.78, 5) is 10.9. The van der Waals surface area contributed by atoms with Gasteiger partial charge >= 0.3 is 0 Å². The van der Waals surface area contributed by atoms with E-state index in [-0.39, 0.29) is 5.41 Å². The van der Waals surface area contributed by atoms with Crippen LogP contribution < -0.4 is 0 Å². The first-order valence-corrected chi connectivity index (χ1v) is 20.1. The quantitative estimate of drug-likeness (QED) is 0.180. The van der Waals surface area contributed by atoms with Crippen molar-refractivity contribution in [3.8, 4) is 50.6 Å². The van der Waals surface area contributed by atoms with Crippen molar-refractivity contribution in [2.24, 2.45) is 0 Å². The average molecular weight is 740 g/mol. The maximum absolute atomic E-state index is 5.54. The first-order chi connectivity index (χ1) is 28.5. The van der Waals surface area contributed by atoms with E-state index in [4.69, 9.17) is 9.97 Å². The molecule has 0 saturated carbocycles. The Labute approximate surface area is 336 Å². The molecule has 0 radical (unpaired) electrons. The predicted octanol–water partition coefficient (Wildman–Crippen LogP) is 14.3. The Morgan fingerprint density at radius 3 is 1.86 bits per heavy atom. The third-order valence-corrected chi connectivity index (χ3v) is 12.6. The van der Waals surface area contributed by atoms with Crippen LogP contribution in [0, 0.1) is 0 Å². The van der Waals surface area contributed by atoms with Gasteiger partial charge in [-0.2, -0.15) is 0 Å². The van der Waals surface area contributed by atoms with Crippen molar-refractivity contribution < 1.29 is 0 Å². The molecular formula is C55H37N3. The molecule has 0 N–H and O–H groups in total. The van der Waals surface area contributed by atoms with Crippen molar-refractivity contribution in [1.82, 2.24) is 14.5 Å². The number of hydrogen-bond acceptors (Lipinski definition) is 2. The normalized spacial score (nSPS) is 13.1. The van der Waals surface area contributed by atoms with Crippen LogP contribution in [0.15, 0.2) is 188 Å². The molecule has 3 heteroatoms. The number of aromatic nitrogens is 3. The molecule has 0 amide bonds. The van der Waals surface area contributed by atoms with E-state index in [1.165, 1.54) is 71.3 Å². The highest BCUT2D eigenvalue weighted by Crippen LogP contribution is 2.50. The molecule has 12 rings (SSSR count). The van der Waals surface area contributed by atoms with Crippen molar-refractivity contribution in [3.05, 3.63) is 199 Å². The molecule has 11 aromatic rings. The summed E-state index contributed by atoms with van der Waals surface area (Å²) in [5, 5.41) is 8.27. The van der Waals surface area contributed by atoms with E-state index in [0.717, 1.165) is 38.8 Å². The Hall–Kier alpha value is -7.36.